The molecule has 0 aliphatic heterocycles. The van der Waals surface area contributed by atoms with E-state index in [0.29, 0.717) is 29.4 Å². The van der Waals surface area contributed by atoms with Crippen molar-refractivity contribution in [1.82, 2.24) is 25.0 Å². The van der Waals surface area contributed by atoms with Crippen LogP contribution in [-0.2, 0) is 6.54 Å². The van der Waals surface area contributed by atoms with Gasteiger partial charge in [0.25, 0.3) is 5.91 Å². The van der Waals surface area contributed by atoms with Crippen LogP contribution in [0.5, 0.6) is 0 Å². The summed E-state index contributed by atoms with van der Waals surface area (Å²) in [5, 5.41) is 15.9. The molecule has 8 heteroatoms. The molecule has 25 heavy (non-hydrogen) atoms. The smallest absolute Gasteiger partial charge is 0.251 e. The van der Waals surface area contributed by atoms with Crippen molar-refractivity contribution in [3.8, 4) is 0 Å². The number of fused-ring (bicyclic) bond motifs is 1. The Labute approximate surface area is 143 Å². The lowest BCUT2D eigenvalue weighted by atomic mass is 10.1. The van der Waals surface area contributed by atoms with E-state index in [4.69, 9.17) is 9.63 Å². The SMILES string of the molecule is CC(NC(=O)c1ccc2c(c1)ncn2CCO)c1nc(C2CC2)no1. The topological polar surface area (TPSA) is 106 Å². The Kier molecular flexibility index (Phi) is 3.96. The van der Waals surface area contributed by atoms with Gasteiger partial charge < -0.3 is 19.5 Å². The van der Waals surface area contributed by atoms with Crippen LogP contribution in [0.3, 0.4) is 0 Å². The van der Waals surface area contributed by atoms with Crippen molar-refractivity contribution in [2.24, 2.45) is 0 Å². The molecule has 1 aliphatic carbocycles. The van der Waals surface area contributed by atoms with Gasteiger partial charge in [0.05, 0.1) is 24.0 Å². The highest BCUT2D eigenvalue weighted by Crippen LogP contribution is 2.38. The molecule has 1 aromatic carbocycles. The standard InChI is InChI=1S/C17H19N5O3/c1-10(17-20-15(21-25-17)11-2-3-11)19-16(24)12-4-5-14-13(8-12)18-9-22(14)6-7-23/h4-5,8-11,23H,2-3,6-7H2,1H3,(H,19,24). The number of carbonyl (C=O) groups excluding carboxylic acids is 1. The molecule has 1 fully saturated rings. The molecule has 1 atom stereocenters. The number of aliphatic hydroxyl groups excluding tert-OH is 1. The van der Waals surface area contributed by atoms with Crippen molar-refractivity contribution in [2.75, 3.05) is 6.61 Å². The highest BCUT2D eigenvalue weighted by atomic mass is 16.5. The Bertz CT molecular complexity index is 912. The Balaban J connectivity index is 1.48. The number of carbonyl (C=O) groups is 1. The van der Waals surface area contributed by atoms with Crippen molar-refractivity contribution in [1.29, 1.82) is 0 Å². The summed E-state index contributed by atoms with van der Waals surface area (Å²) in [6, 6.07) is 4.93. The molecule has 1 amide bonds. The van der Waals surface area contributed by atoms with Crippen LogP contribution in [0, 0.1) is 0 Å². The molecular weight excluding hydrogens is 322 g/mol. The number of hydrogen-bond donors (Lipinski definition) is 2. The van der Waals surface area contributed by atoms with Gasteiger partial charge in [-0.1, -0.05) is 5.16 Å². The average molecular weight is 341 g/mol. The zero-order chi connectivity index (χ0) is 17.4. The van der Waals surface area contributed by atoms with Crippen molar-refractivity contribution in [3.63, 3.8) is 0 Å². The van der Waals surface area contributed by atoms with E-state index >= 15 is 0 Å². The predicted octanol–water partition coefficient (Wildman–Crippen LogP) is 1.78. The third kappa shape index (κ3) is 3.12. The first-order chi connectivity index (χ1) is 12.2. The normalized spacial score (nSPS) is 15.4. The molecule has 1 saturated carbocycles. The molecule has 2 N–H and O–H groups in total. The van der Waals surface area contributed by atoms with Crippen molar-refractivity contribution >= 4 is 16.9 Å². The maximum atomic E-state index is 12.5. The molecule has 1 unspecified atom stereocenters. The van der Waals surface area contributed by atoms with Gasteiger partial charge in [-0.25, -0.2) is 4.98 Å². The highest BCUT2D eigenvalue weighted by Gasteiger charge is 2.29. The van der Waals surface area contributed by atoms with Crippen LogP contribution in [-0.4, -0.2) is 37.3 Å². The molecule has 0 spiro atoms. The minimum atomic E-state index is -0.366. The minimum absolute atomic E-state index is 0.0399. The van der Waals surface area contributed by atoms with E-state index in [1.165, 1.54) is 0 Å². The quantitative estimate of drug-likeness (QED) is 0.708. The van der Waals surface area contributed by atoms with Gasteiger partial charge in [-0.3, -0.25) is 4.79 Å². The van der Waals surface area contributed by atoms with Crippen LogP contribution < -0.4 is 5.32 Å². The van der Waals surface area contributed by atoms with Crippen LogP contribution in [0.4, 0.5) is 0 Å². The molecule has 0 bridgehead atoms. The van der Waals surface area contributed by atoms with E-state index < -0.39 is 0 Å². The zero-order valence-corrected chi connectivity index (χ0v) is 13.8. The number of hydrogen-bond acceptors (Lipinski definition) is 6. The second-order valence-electron chi connectivity index (χ2n) is 6.33. The summed E-state index contributed by atoms with van der Waals surface area (Å²) in [5.74, 6) is 1.34. The fourth-order valence-corrected chi connectivity index (χ4v) is 2.76. The molecule has 1 aliphatic rings. The van der Waals surface area contributed by atoms with Gasteiger partial charge in [0.2, 0.25) is 5.89 Å². The number of nitrogens with one attached hydrogen (secondary N) is 1. The first kappa shape index (κ1) is 15.8. The summed E-state index contributed by atoms with van der Waals surface area (Å²) >= 11 is 0. The minimum Gasteiger partial charge on any atom is -0.395 e. The monoisotopic (exact) mass is 341 g/mol. The van der Waals surface area contributed by atoms with Crippen molar-refractivity contribution in [2.45, 2.75) is 38.3 Å². The highest BCUT2D eigenvalue weighted by molar-refractivity contribution is 5.97. The molecule has 3 aromatic rings. The van der Waals surface area contributed by atoms with E-state index in [0.717, 1.165) is 24.2 Å². The van der Waals surface area contributed by atoms with E-state index in [1.54, 1.807) is 18.5 Å². The third-order valence-corrected chi connectivity index (χ3v) is 4.34. The van der Waals surface area contributed by atoms with E-state index in [-0.39, 0.29) is 18.6 Å². The van der Waals surface area contributed by atoms with E-state index in [1.807, 2.05) is 17.6 Å². The van der Waals surface area contributed by atoms with Gasteiger partial charge in [0, 0.05) is 18.0 Å². The van der Waals surface area contributed by atoms with Crippen LogP contribution >= 0.6 is 0 Å². The summed E-state index contributed by atoms with van der Waals surface area (Å²) in [5.41, 5.74) is 2.10. The number of nitrogens with zero attached hydrogens (tertiary/aromatic N) is 4. The number of benzene rings is 1. The second-order valence-corrected chi connectivity index (χ2v) is 6.33. The number of imidazole rings is 1. The fourth-order valence-electron chi connectivity index (χ4n) is 2.76. The first-order valence-corrected chi connectivity index (χ1v) is 8.36. The largest absolute Gasteiger partial charge is 0.395 e. The molecule has 0 radical (unpaired) electrons. The average Bonchev–Trinajstić information content (AvgIpc) is 3.20. The maximum absolute atomic E-state index is 12.5. The van der Waals surface area contributed by atoms with Gasteiger partial charge in [0.1, 0.15) is 6.04 Å². The van der Waals surface area contributed by atoms with Crippen LogP contribution in [0.25, 0.3) is 11.0 Å². The maximum Gasteiger partial charge on any atom is 0.251 e. The lowest BCUT2D eigenvalue weighted by Crippen LogP contribution is -2.26. The summed E-state index contributed by atoms with van der Waals surface area (Å²) in [6.45, 7) is 2.33. The summed E-state index contributed by atoms with van der Waals surface area (Å²) in [7, 11) is 0. The van der Waals surface area contributed by atoms with Crippen LogP contribution in [0.1, 0.15) is 53.8 Å². The van der Waals surface area contributed by atoms with Crippen LogP contribution in [0.15, 0.2) is 29.0 Å². The second kappa shape index (κ2) is 6.29. The Morgan fingerprint density at radius 2 is 2.32 bits per heavy atom. The van der Waals surface area contributed by atoms with Gasteiger partial charge in [-0.2, -0.15) is 4.98 Å². The summed E-state index contributed by atoms with van der Waals surface area (Å²) in [4.78, 5) is 21.1. The number of aliphatic hydroxyl groups is 1. The number of amides is 1. The van der Waals surface area contributed by atoms with Gasteiger partial charge in [0.15, 0.2) is 5.82 Å². The van der Waals surface area contributed by atoms with Crippen molar-refractivity contribution < 1.29 is 14.4 Å². The Morgan fingerprint density at radius 3 is 3.08 bits per heavy atom. The lowest BCUT2D eigenvalue weighted by Gasteiger charge is -2.10. The van der Waals surface area contributed by atoms with Crippen LogP contribution in [0.2, 0.25) is 0 Å². The summed E-state index contributed by atoms with van der Waals surface area (Å²) < 4.78 is 7.09. The van der Waals surface area contributed by atoms with Gasteiger partial charge >= 0.3 is 0 Å². The number of rotatable bonds is 6. The lowest BCUT2D eigenvalue weighted by molar-refractivity contribution is 0.0932. The Morgan fingerprint density at radius 1 is 1.48 bits per heavy atom. The Hall–Kier alpha value is -2.74. The first-order valence-electron chi connectivity index (χ1n) is 8.36. The van der Waals surface area contributed by atoms with E-state index in [2.05, 4.69) is 20.4 Å². The van der Waals surface area contributed by atoms with Gasteiger partial charge in [-0.05, 0) is 38.0 Å². The molecule has 8 nitrogen and oxygen atoms in total. The molecule has 4 rings (SSSR count). The molecule has 2 heterocycles. The summed E-state index contributed by atoms with van der Waals surface area (Å²) in [6.07, 6.45) is 3.86. The van der Waals surface area contributed by atoms with Gasteiger partial charge in [-0.15, -0.1) is 0 Å². The third-order valence-electron chi connectivity index (χ3n) is 4.34. The zero-order valence-electron chi connectivity index (χ0n) is 13.8. The predicted molar refractivity (Wildman–Crippen MR) is 89.0 cm³/mol. The molecular formula is C17H19N5O3. The van der Waals surface area contributed by atoms with E-state index in [9.17, 15) is 4.79 Å². The molecule has 2 aromatic heterocycles. The molecule has 0 saturated heterocycles. The van der Waals surface area contributed by atoms with Crippen molar-refractivity contribution in [3.05, 3.63) is 41.8 Å². The fraction of sp³-hybridized carbons (Fsp3) is 0.412. The molecule has 130 valence electrons. The number of aromatic nitrogens is 4.